The summed E-state index contributed by atoms with van der Waals surface area (Å²) < 4.78 is 154. The highest BCUT2D eigenvalue weighted by atomic mass is 16.5. The van der Waals surface area contributed by atoms with Gasteiger partial charge in [-0.15, -0.1) is 4.57 Å². The third-order valence-electron chi connectivity index (χ3n) is 13.3. The molecule has 322 valence electrons. The van der Waals surface area contributed by atoms with E-state index in [1.807, 2.05) is 30.3 Å². The summed E-state index contributed by atoms with van der Waals surface area (Å²) in [4.78, 5) is 4.51. The number of hydrogen-bond acceptors (Lipinski definition) is 3. The van der Waals surface area contributed by atoms with E-state index in [9.17, 15) is 9.60 Å². The summed E-state index contributed by atoms with van der Waals surface area (Å²) in [5.41, 5.74) is 3.76. The predicted molar refractivity (Wildman–Crippen MR) is 266 cm³/mol. The Kier molecular flexibility index (Phi) is 5.50. The van der Waals surface area contributed by atoms with Crippen LogP contribution in [0.25, 0.3) is 44.6 Å². The molecule has 0 fully saturated rings. The molecule has 7 aromatic rings. The van der Waals surface area contributed by atoms with Crippen molar-refractivity contribution in [1.82, 2.24) is 0 Å². The number of hydrogen-bond donors (Lipinski definition) is 0. The first-order valence-electron chi connectivity index (χ1n) is 30.0. The van der Waals surface area contributed by atoms with Crippen molar-refractivity contribution in [3.63, 3.8) is 0 Å². The van der Waals surface area contributed by atoms with Crippen LogP contribution in [0, 0.1) is 6.92 Å². The van der Waals surface area contributed by atoms with Crippen LogP contribution in [0.5, 0.6) is 5.75 Å². The van der Waals surface area contributed by atoms with Crippen molar-refractivity contribution in [1.29, 1.82) is 0 Å². The van der Waals surface area contributed by atoms with E-state index in [0.717, 1.165) is 67.1 Å². The smallest absolute Gasteiger partial charge is 0.410 e. The van der Waals surface area contributed by atoms with Crippen molar-refractivity contribution in [3.8, 4) is 50.4 Å². The minimum absolute atomic E-state index is 0.0463. The van der Waals surface area contributed by atoms with Crippen LogP contribution >= 0.6 is 0 Å². The van der Waals surface area contributed by atoms with Gasteiger partial charge in [0.05, 0.1) is 30.9 Å². The molecular formula is C60H62N3O+. The molecule has 4 heteroatoms. The van der Waals surface area contributed by atoms with Crippen LogP contribution in [0.15, 0.2) is 133 Å². The number of pyridine rings is 1. The summed E-state index contributed by atoms with van der Waals surface area (Å²) >= 11 is 0. The van der Waals surface area contributed by atoms with Crippen molar-refractivity contribution >= 4 is 17.1 Å². The number of para-hydroxylation sites is 1. The van der Waals surface area contributed by atoms with Gasteiger partial charge >= 0.3 is 5.85 Å². The standard InChI is InChI=1S/C60H62N3O/c1-36-22-27-49(44(30-36)38-18-15-14-16-19-38)62-50-21-17-20-43-45-32-41(57(5,6)7)33-46-51-31-39(37-23-25-40(26-24-37)56(2,3)4)28-29-61(51)60(52(45)46)63(53(43)50)55(62)47-34-42(58(8,9)10)35-48(54(47)64-60)59(11,12)13/h14-35,55H,1-13H3/q+1/i2D3,3D3,4D3,23D,24D,25D,26D,28D,29D,31D. The maximum atomic E-state index is 10.5. The number of aryl methyl sites for hydroxylation is 1. The molecule has 64 heavy (non-hydrogen) atoms. The molecule has 0 saturated carbocycles. The fourth-order valence-electron chi connectivity index (χ4n) is 10.1. The second kappa shape index (κ2) is 13.2. The van der Waals surface area contributed by atoms with Gasteiger partial charge in [-0.1, -0.05) is 167 Å². The van der Waals surface area contributed by atoms with Crippen LogP contribution in [-0.4, -0.2) is 0 Å². The molecule has 1 aromatic heterocycles. The molecule has 6 aromatic carbocycles. The normalized spacial score (nSPS) is 22.2. The van der Waals surface area contributed by atoms with Gasteiger partial charge in [-0.3, -0.25) is 0 Å². The summed E-state index contributed by atoms with van der Waals surface area (Å²) in [6, 6.07) is 25.3. The molecule has 2 atom stereocenters. The van der Waals surface area contributed by atoms with Crippen molar-refractivity contribution < 1.29 is 31.2 Å². The lowest BCUT2D eigenvalue weighted by Crippen LogP contribution is -2.71. The lowest BCUT2D eigenvalue weighted by Gasteiger charge is -2.49. The maximum absolute atomic E-state index is 10.5. The molecule has 11 rings (SSSR count). The SMILES string of the molecule is [2H]c1c([2H])c(C(C([2H])([2H])[2H])(C([2H])([2H])[2H])C([2H])([2H])[2H])c([2H])c([2H])c1-c1c([2H])c([2H])[n+]2c(c1[2H])-c1cc(C(C)(C)C)cc3c1C21Oc2c(cc(C(C)(C)C)cc2C(C)(C)C)C2N(c4ccc(C)cc4-c4ccccc4)c4cccc-3c4N21. The first kappa shape index (κ1) is 26.6. The van der Waals surface area contributed by atoms with Crippen molar-refractivity contribution in [3.05, 3.63) is 172 Å². The van der Waals surface area contributed by atoms with E-state index in [1.165, 1.54) is 0 Å². The van der Waals surface area contributed by atoms with Gasteiger partial charge < -0.3 is 9.64 Å². The molecular weight excluding hydrogens is 779 g/mol. The topological polar surface area (TPSA) is 19.6 Å². The Morgan fingerprint density at radius 1 is 0.609 bits per heavy atom. The lowest BCUT2D eigenvalue weighted by atomic mass is 9.77. The number of anilines is 3. The monoisotopic (exact) mass is 857 g/mol. The Labute approximate surface area is 403 Å². The molecule has 0 N–H and O–H groups in total. The zero-order chi connectivity index (χ0) is 58.6. The fraction of sp³-hybridized carbons (Fsp3) is 0.317. The average Bonchev–Trinajstić information content (AvgIpc) is 2.07. The van der Waals surface area contributed by atoms with E-state index >= 15 is 0 Å². The Bertz CT molecular complexity index is 3780. The summed E-state index contributed by atoms with van der Waals surface area (Å²) in [5.74, 6) is -1.35. The van der Waals surface area contributed by atoms with E-state index in [1.54, 1.807) is 4.57 Å². The molecule has 0 amide bonds. The van der Waals surface area contributed by atoms with Gasteiger partial charge in [0.25, 0.3) is 0 Å². The van der Waals surface area contributed by atoms with Crippen molar-refractivity contribution in [2.75, 3.05) is 9.80 Å². The fourth-order valence-corrected chi connectivity index (χ4v) is 10.1. The highest BCUT2D eigenvalue weighted by Gasteiger charge is 2.70. The van der Waals surface area contributed by atoms with Gasteiger partial charge in [0.1, 0.15) is 18.8 Å². The Morgan fingerprint density at radius 3 is 2.00 bits per heavy atom. The van der Waals surface area contributed by atoms with Crippen LogP contribution in [-0.2, 0) is 27.5 Å². The number of ether oxygens (including phenoxy) is 1. The number of aromatic nitrogens is 1. The molecule has 0 radical (unpaired) electrons. The summed E-state index contributed by atoms with van der Waals surface area (Å²) in [6.45, 7) is 9.32. The van der Waals surface area contributed by atoms with E-state index in [4.69, 9.17) is 17.1 Å². The van der Waals surface area contributed by atoms with Gasteiger partial charge in [-0.05, 0) is 98.4 Å². The zero-order valence-electron chi connectivity index (χ0n) is 54.0. The van der Waals surface area contributed by atoms with Gasteiger partial charge in [-0.2, -0.15) is 0 Å². The van der Waals surface area contributed by atoms with Crippen molar-refractivity contribution in [2.24, 2.45) is 0 Å². The second-order valence-corrected chi connectivity index (χ2v) is 20.9. The van der Waals surface area contributed by atoms with Gasteiger partial charge in [0, 0.05) is 52.2 Å². The number of rotatable bonds is 3. The lowest BCUT2D eigenvalue weighted by molar-refractivity contribution is -0.774. The Hall–Kier alpha value is -6.13. The number of fused-ring (bicyclic) bond motifs is 5. The molecule has 2 unspecified atom stereocenters. The molecule has 4 nitrogen and oxygen atoms in total. The first-order valence-corrected chi connectivity index (χ1v) is 22.0. The number of nitrogens with zero attached hydrogens (tertiary/aromatic N) is 3. The molecule has 0 saturated heterocycles. The van der Waals surface area contributed by atoms with Crippen LogP contribution in [0.1, 0.15) is 150 Å². The minimum Gasteiger partial charge on any atom is -0.410 e. The second-order valence-electron chi connectivity index (χ2n) is 20.9. The molecule has 4 aliphatic rings. The van der Waals surface area contributed by atoms with E-state index in [2.05, 4.69) is 140 Å². The summed E-state index contributed by atoms with van der Waals surface area (Å²) in [7, 11) is 0. The summed E-state index contributed by atoms with van der Waals surface area (Å²) in [5, 5.41) is 0. The third-order valence-corrected chi connectivity index (χ3v) is 13.3. The third kappa shape index (κ3) is 5.76. The zero-order valence-corrected chi connectivity index (χ0v) is 38.0. The Morgan fingerprint density at radius 2 is 1.31 bits per heavy atom. The molecule has 5 heterocycles. The van der Waals surface area contributed by atoms with E-state index in [-0.39, 0.29) is 11.1 Å². The van der Waals surface area contributed by atoms with Crippen LogP contribution in [0.2, 0.25) is 0 Å². The molecule has 4 aliphatic heterocycles. The average molecular weight is 857 g/mol. The van der Waals surface area contributed by atoms with Crippen LogP contribution in [0.3, 0.4) is 0 Å². The van der Waals surface area contributed by atoms with Gasteiger partial charge in [0.15, 0.2) is 6.17 Å². The van der Waals surface area contributed by atoms with Gasteiger partial charge in [0.2, 0.25) is 5.69 Å². The molecule has 0 bridgehead atoms. The van der Waals surface area contributed by atoms with Crippen molar-refractivity contribution in [2.45, 2.75) is 123 Å². The highest BCUT2D eigenvalue weighted by Crippen LogP contribution is 2.68. The van der Waals surface area contributed by atoms with Gasteiger partial charge in [-0.25, -0.2) is 4.90 Å². The first-order chi connectivity index (χ1) is 36.8. The minimum atomic E-state index is -3.93. The van der Waals surface area contributed by atoms with Crippen LogP contribution in [0.4, 0.5) is 17.1 Å². The summed E-state index contributed by atoms with van der Waals surface area (Å²) in [6.07, 6.45) is -1.27. The Balaban J connectivity index is 1.31. The van der Waals surface area contributed by atoms with E-state index in [0.29, 0.717) is 16.9 Å². The molecule has 1 spiro atoms. The quantitative estimate of drug-likeness (QED) is 0.165. The highest BCUT2D eigenvalue weighted by molar-refractivity contribution is 6.03. The maximum Gasteiger partial charge on any atom is 0.432 e. The van der Waals surface area contributed by atoms with Crippen LogP contribution < -0.4 is 19.1 Å². The largest absolute Gasteiger partial charge is 0.432 e. The molecule has 0 aliphatic carbocycles. The predicted octanol–water partition coefficient (Wildman–Crippen LogP) is 15.2. The number of benzene rings is 6. The van der Waals surface area contributed by atoms with E-state index < -0.39 is 108 Å².